The summed E-state index contributed by atoms with van der Waals surface area (Å²) in [6, 6.07) is 3.96. The Morgan fingerprint density at radius 1 is 1.06 bits per heavy atom. The number of anilines is 2. The molecule has 5 rings (SSSR count). The van der Waals surface area contributed by atoms with Crippen molar-refractivity contribution in [1.29, 1.82) is 0 Å². The summed E-state index contributed by atoms with van der Waals surface area (Å²) in [7, 11) is 1.72. The number of carbonyl (C=O) groups excluding carboxylic acids is 2. The van der Waals surface area contributed by atoms with E-state index in [2.05, 4.69) is 26.3 Å². The van der Waals surface area contributed by atoms with Gasteiger partial charge in [-0.25, -0.2) is 14.4 Å². The van der Waals surface area contributed by atoms with Gasteiger partial charge < -0.3 is 21.3 Å². The molecule has 9 nitrogen and oxygen atoms in total. The number of hydrogen-bond acceptors (Lipinski definition) is 6. The summed E-state index contributed by atoms with van der Waals surface area (Å²) >= 11 is 13.3. The molecule has 1 aliphatic heterocycles. The second-order valence-corrected chi connectivity index (χ2v) is 14.2. The van der Waals surface area contributed by atoms with Crippen molar-refractivity contribution < 1.29 is 27.2 Å². The van der Waals surface area contributed by atoms with Crippen molar-refractivity contribution in [1.82, 2.24) is 30.5 Å². The summed E-state index contributed by atoms with van der Waals surface area (Å²) in [5.41, 5.74) is 1.69. The number of piperidine rings is 1. The van der Waals surface area contributed by atoms with E-state index in [1.54, 1.807) is 29.8 Å². The van der Waals surface area contributed by atoms with Gasteiger partial charge in [0.05, 0.1) is 38.9 Å². The number of nitrogens with one attached hydrogen (secondary N) is 4. The first-order chi connectivity index (χ1) is 22.0. The van der Waals surface area contributed by atoms with Crippen LogP contribution in [0.25, 0.3) is 11.2 Å². The number of fused-ring (bicyclic) bond motifs is 1. The van der Waals surface area contributed by atoms with Crippen molar-refractivity contribution in [3.8, 4) is 0 Å². The van der Waals surface area contributed by atoms with Crippen LogP contribution in [0.15, 0.2) is 18.2 Å². The first kappa shape index (κ1) is 35.2. The topological polar surface area (TPSA) is 113 Å². The van der Waals surface area contributed by atoms with Crippen LogP contribution in [0.3, 0.4) is 0 Å². The van der Waals surface area contributed by atoms with Crippen molar-refractivity contribution in [2.45, 2.75) is 90.3 Å². The molecule has 0 bridgehead atoms. The van der Waals surface area contributed by atoms with Gasteiger partial charge in [-0.1, -0.05) is 50.0 Å². The van der Waals surface area contributed by atoms with E-state index < -0.39 is 41.7 Å². The molecule has 1 saturated heterocycles. The molecule has 15 heteroatoms. The number of aryl methyl sites for hydroxylation is 1. The van der Waals surface area contributed by atoms with Crippen molar-refractivity contribution in [2.75, 3.05) is 11.9 Å². The summed E-state index contributed by atoms with van der Waals surface area (Å²) in [6.07, 6.45) is -4.60. The number of amides is 2. The van der Waals surface area contributed by atoms with Gasteiger partial charge in [0.2, 0.25) is 11.9 Å². The molecule has 1 saturated carbocycles. The molecule has 2 aromatic heterocycles. The van der Waals surface area contributed by atoms with Crippen LogP contribution in [-0.4, -0.2) is 51.3 Å². The van der Waals surface area contributed by atoms with E-state index in [1.807, 2.05) is 20.8 Å². The maximum absolute atomic E-state index is 14.5. The number of halogens is 6. The maximum Gasteiger partial charge on any atom is 0.391 e. The highest BCUT2D eigenvalue weighted by Gasteiger charge is 2.42. The number of aromatic nitrogens is 3. The van der Waals surface area contributed by atoms with Crippen LogP contribution in [0.1, 0.15) is 87.0 Å². The predicted octanol–water partition coefficient (Wildman–Crippen LogP) is 7.29. The Balaban J connectivity index is 1.44. The monoisotopic (exact) mass is 699 g/mol. The zero-order valence-corrected chi connectivity index (χ0v) is 28.1. The fourth-order valence-corrected chi connectivity index (χ4v) is 6.52. The Kier molecular flexibility index (Phi) is 10.3. The van der Waals surface area contributed by atoms with Crippen LogP contribution < -0.4 is 21.3 Å². The molecule has 0 radical (unpaired) electrons. The van der Waals surface area contributed by atoms with E-state index in [0.717, 1.165) is 0 Å². The van der Waals surface area contributed by atoms with Gasteiger partial charge in [0, 0.05) is 25.0 Å². The SMILES string of the molecule is Cn1c(Nc2c(Cl)ccc(CNC(=O)C(C)(C)C)c2Cl)nc2cc(C(=O)NC3CCC(C(F)(F)F)CC3)c(C3CC(F)CCN3)nc21. The van der Waals surface area contributed by atoms with Crippen LogP contribution in [0, 0.1) is 11.3 Å². The molecule has 0 spiro atoms. The van der Waals surface area contributed by atoms with Crippen molar-refractivity contribution in [3.05, 3.63) is 45.1 Å². The highest BCUT2D eigenvalue weighted by Crippen LogP contribution is 2.39. The Hall–Kier alpha value is -3.16. The fourth-order valence-electron chi connectivity index (χ4n) is 5.99. The molecule has 3 aromatic rings. The second-order valence-electron chi connectivity index (χ2n) is 13.4. The summed E-state index contributed by atoms with van der Waals surface area (Å²) in [4.78, 5) is 35.5. The van der Waals surface area contributed by atoms with Gasteiger partial charge in [-0.3, -0.25) is 14.2 Å². The molecule has 2 fully saturated rings. The van der Waals surface area contributed by atoms with Crippen LogP contribution >= 0.6 is 23.2 Å². The third-order valence-electron chi connectivity index (χ3n) is 8.84. The molecule has 2 unspecified atom stereocenters. The number of hydrogen-bond donors (Lipinski definition) is 4. The quantitative estimate of drug-likeness (QED) is 0.193. The predicted molar refractivity (Wildman–Crippen MR) is 174 cm³/mol. The number of nitrogens with zero attached hydrogens (tertiary/aromatic N) is 3. The summed E-state index contributed by atoms with van der Waals surface area (Å²) in [5.74, 6) is -1.71. The molecule has 2 aliphatic rings. The van der Waals surface area contributed by atoms with Gasteiger partial charge in [-0.15, -0.1) is 0 Å². The molecule has 47 heavy (non-hydrogen) atoms. The molecule has 1 aromatic carbocycles. The average Bonchev–Trinajstić information content (AvgIpc) is 3.31. The lowest BCUT2D eigenvalue weighted by Gasteiger charge is -2.31. The molecule has 1 aliphatic carbocycles. The highest BCUT2D eigenvalue weighted by atomic mass is 35.5. The van der Waals surface area contributed by atoms with Crippen molar-refractivity contribution in [3.63, 3.8) is 0 Å². The smallest absolute Gasteiger partial charge is 0.352 e. The standard InChI is InChI=1S/C32H39Cl2F4N7O2/c1-31(2,3)29(47)40-15-16-5-10-21(33)26(24(16)34)44-30-42-23-14-20(28(46)41-19-8-6-17(7-9-19)32(36,37)38)25(43-27(23)45(30)4)22-13-18(35)11-12-39-22/h5,10,14,17-19,22,39H,6-9,11-13,15H2,1-4H3,(H,40,47)(H,41,46)(H,42,44). The zero-order valence-electron chi connectivity index (χ0n) is 26.6. The normalized spacial score (nSPS) is 22.3. The van der Waals surface area contributed by atoms with E-state index >= 15 is 0 Å². The van der Waals surface area contributed by atoms with Crippen molar-refractivity contribution in [2.24, 2.45) is 18.4 Å². The minimum absolute atomic E-state index is 0.0587. The number of carbonyl (C=O) groups is 2. The lowest BCUT2D eigenvalue weighted by atomic mass is 9.85. The van der Waals surface area contributed by atoms with Gasteiger partial charge >= 0.3 is 6.18 Å². The molecular formula is C32H39Cl2F4N7O2. The average molecular weight is 701 g/mol. The molecule has 2 amide bonds. The third kappa shape index (κ3) is 7.94. The Bertz CT molecular complexity index is 1650. The Labute approximate surface area is 280 Å². The highest BCUT2D eigenvalue weighted by molar-refractivity contribution is 6.39. The fraction of sp³-hybridized carbons (Fsp3) is 0.562. The first-order valence-electron chi connectivity index (χ1n) is 15.7. The number of alkyl halides is 4. The summed E-state index contributed by atoms with van der Waals surface area (Å²) in [6.45, 7) is 6.00. The molecule has 2 atom stereocenters. The lowest BCUT2D eigenvalue weighted by molar-refractivity contribution is -0.182. The molecule has 3 heterocycles. The zero-order chi connectivity index (χ0) is 34.3. The van der Waals surface area contributed by atoms with E-state index in [-0.39, 0.29) is 55.1 Å². The van der Waals surface area contributed by atoms with E-state index in [9.17, 15) is 27.2 Å². The molecule has 256 valence electrons. The largest absolute Gasteiger partial charge is 0.391 e. The number of rotatable bonds is 7. The molecular weight excluding hydrogens is 661 g/mol. The van der Waals surface area contributed by atoms with Crippen LogP contribution in [-0.2, 0) is 18.4 Å². The minimum Gasteiger partial charge on any atom is -0.352 e. The van der Waals surface area contributed by atoms with Gasteiger partial charge in [0.1, 0.15) is 11.7 Å². The summed E-state index contributed by atoms with van der Waals surface area (Å²) in [5, 5.41) is 12.8. The van der Waals surface area contributed by atoms with Crippen LogP contribution in [0.4, 0.5) is 29.2 Å². The van der Waals surface area contributed by atoms with Crippen LogP contribution in [0.2, 0.25) is 10.0 Å². The van der Waals surface area contributed by atoms with Crippen LogP contribution in [0.5, 0.6) is 0 Å². The summed E-state index contributed by atoms with van der Waals surface area (Å²) < 4.78 is 55.8. The first-order valence-corrected chi connectivity index (χ1v) is 16.4. The van der Waals surface area contributed by atoms with Gasteiger partial charge in [-0.05, 0) is 62.8 Å². The van der Waals surface area contributed by atoms with E-state index in [4.69, 9.17) is 28.2 Å². The van der Waals surface area contributed by atoms with E-state index in [1.165, 1.54) is 0 Å². The number of imidazole rings is 1. The lowest BCUT2D eigenvalue weighted by Crippen LogP contribution is -2.41. The maximum atomic E-state index is 14.5. The number of benzene rings is 1. The second kappa shape index (κ2) is 13.8. The minimum atomic E-state index is -4.25. The van der Waals surface area contributed by atoms with Gasteiger partial charge in [0.25, 0.3) is 5.91 Å². The Morgan fingerprint density at radius 2 is 1.77 bits per heavy atom. The third-order valence-corrected chi connectivity index (χ3v) is 9.59. The molecule has 4 N–H and O–H groups in total. The Morgan fingerprint density at radius 3 is 2.40 bits per heavy atom. The number of pyridine rings is 1. The van der Waals surface area contributed by atoms with Gasteiger partial charge in [0.15, 0.2) is 5.65 Å². The van der Waals surface area contributed by atoms with Gasteiger partial charge in [-0.2, -0.15) is 13.2 Å². The van der Waals surface area contributed by atoms with E-state index in [0.29, 0.717) is 52.0 Å². The van der Waals surface area contributed by atoms with Crippen molar-refractivity contribution >= 4 is 57.8 Å².